The van der Waals surface area contributed by atoms with Gasteiger partial charge in [-0.05, 0) is 49.5 Å². The number of carbonyl (C=O) groups excluding carboxylic acids is 4. The average molecular weight is 650 g/mol. The molecule has 9 N–H and O–H groups in total. The number of nitrogens with one attached hydrogen (secondary N) is 4. The molecule has 0 aliphatic heterocycles. The van der Waals surface area contributed by atoms with Crippen molar-refractivity contribution in [2.75, 3.05) is 0 Å². The highest BCUT2D eigenvalue weighted by Crippen LogP contribution is 2.10. The van der Waals surface area contributed by atoms with Crippen molar-refractivity contribution in [3.63, 3.8) is 0 Å². The maximum atomic E-state index is 13.4. The zero-order valence-electron chi connectivity index (χ0n) is 26.7. The molecule has 1 aromatic rings. The number of carboxylic acid groups (broad SMARTS) is 3. The molecule has 0 unspecified atom stereocenters. The lowest BCUT2D eigenvalue weighted by Gasteiger charge is -2.27. The first kappa shape index (κ1) is 39.5. The van der Waals surface area contributed by atoms with Crippen molar-refractivity contribution in [1.29, 1.82) is 0 Å². The molecule has 0 heterocycles. The number of benzene rings is 1. The smallest absolute Gasteiger partial charge is 0.326 e. The maximum absolute atomic E-state index is 13.4. The van der Waals surface area contributed by atoms with Crippen molar-refractivity contribution in [2.24, 2.45) is 17.6 Å². The van der Waals surface area contributed by atoms with Gasteiger partial charge in [-0.25, -0.2) is 4.79 Å². The molecule has 0 spiro atoms. The second-order valence-electron chi connectivity index (χ2n) is 12.0. The normalized spacial score (nSPS) is 14.3. The summed E-state index contributed by atoms with van der Waals surface area (Å²) in [7, 11) is 0. The topological polar surface area (TPSA) is 254 Å². The Morgan fingerprint density at radius 1 is 0.609 bits per heavy atom. The van der Waals surface area contributed by atoms with Crippen LogP contribution in [0.1, 0.15) is 71.8 Å². The minimum absolute atomic E-state index is 0.0654. The van der Waals surface area contributed by atoms with Gasteiger partial charge in [-0.3, -0.25) is 28.8 Å². The van der Waals surface area contributed by atoms with Gasteiger partial charge in [0.1, 0.15) is 24.2 Å². The molecule has 256 valence electrons. The van der Waals surface area contributed by atoms with Crippen molar-refractivity contribution in [3.05, 3.63) is 35.9 Å². The first-order valence-corrected chi connectivity index (χ1v) is 15.2. The summed E-state index contributed by atoms with van der Waals surface area (Å²) in [5, 5.41) is 37.6. The molecule has 0 bridgehead atoms. The van der Waals surface area contributed by atoms with E-state index in [-0.39, 0.29) is 31.1 Å². The summed E-state index contributed by atoms with van der Waals surface area (Å²) >= 11 is 0. The van der Waals surface area contributed by atoms with Crippen molar-refractivity contribution >= 4 is 41.5 Å². The lowest BCUT2D eigenvalue weighted by atomic mass is 10.0. The minimum atomic E-state index is -1.51. The maximum Gasteiger partial charge on any atom is 0.326 e. The Labute approximate surface area is 268 Å². The average Bonchev–Trinajstić information content (AvgIpc) is 2.95. The van der Waals surface area contributed by atoms with E-state index in [1.54, 1.807) is 52.0 Å². The van der Waals surface area contributed by atoms with Gasteiger partial charge in [0.15, 0.2) is 0 Å². The van der Waals surface area contributed by atoms with Gasteiger partial charge in [-0.15, -0.1) is 0 Å². The largest absolute Gasteiger partial charge is 0.481 e. The Kier molecular flexibility index (Phi) is 17.0. The van der Waals surface area contributed by atoms with E-state index in [2.05, 4.69) is 21.3 Å². The van der Waals surface area contributed by atoms with Gasteiger partial charge in [0.05, 0.1) is 6.04 Å². The Balaban J connectivity index is 3.17. The number of hydrogen-bond acceptors (Lipinski definition) is 8. The van der Waals surface area contributed by atoms with E-state index in [4.69, 9.17) is 10.8 Å². The predicted octanol–water partition coefficient (Wildman–Crippen LogP) is 0.402. The molecule has 0 saturated carbocycles. The van der Waals surface area contributed by atoms with Gasteiger partial charge in [0, 0.05) is 12.8 Å². The Morgan fingerprint density at radius 2 is 1.00 bits per heavy atom. The highest BCUT2D eigenvalue weighted by molar-refractivity contribution is 5.95. The third-order valence-electron chi connectivity index (χ3n) is 6.86. The van der Waals surface area contributed by atoms with Crippen molar-refractivity contribution in [2.45, 2.75) is 103 Å². The van der Waals surface area contributed by atoms with Crippen LogP contribution in [0.3, 0.4) is 0 Å². The van der Waals surface area contributed by atoms with Crippen LogP contribution in [0.2, 0.25) is 0 Å². The molecule has 4 amide bonds. The van der Waals surface area contributed by atoms with E-state index >= 15 is 0 Å². The Bertz CT molecular complexity index is 1210. The van der Waals surface area contributed by atoms with Gasteiger partial charge in [0.2, 0.25) is 23.6 Å². The lowest BCUT2D eigenvalue weighted by Crippen LogP contribution is -2.58. The van der Waals surface area contributed by atoms with Gasteiger partial charge in [0.25, 0.3) is 0 Å². The molecule has 1 rings (SSSR count). The lowest BCUT2D eigenvalue weighted by molar-refractivity contribution is -0.143. The molecule has 0 aliphatic rings. The fourth-order valence-electron chi connectivity index (χ4n) is 4.53. The zero-order chi connectivity index (χ0) is 35.0. The van der Waals surface area contributed by atoms with Gasteiger partial charge in [-0.1, -0.05) is 58.0 Å². The summed E-state index contributed by atoms with van der Waals surface area (Å²) in [6.45, 7) is 7.10. The molecule has 0 aromatic heterocycles. The summed E-state index contributed by atoms with van der Waals surface area (Å²) < 4.78 is 0. The molecule has 0 aliphatic carbocycles. The second kappa shape index (κ2) is 19.8. The van der Waals surface area contributed by atoms with Crippen LogP contribution < -0.4 is 27.0 Å². The van der Waals surface area contributed by atoms with Crippen molar-refractivity contribution in [1.82, 2.24) is 21.3 Å². The van der Waals surface area contributed by atoms with E-state index < -0.39 is 97.4 Å². The number of carbonyl (C=O) groups is 7. The Morgan fingerprint density at radius 3 is 1.41 bits per heavy atom. The first-order valence-electron chi connectivity index (χ1n) is 15.2. The van der Waals surface area contributed by atoms with Crippen molar-refractivity contribution < 1.29 is 48.9 Å². The van der Waals surface area contributed by atoms with Gasteiger partial charge in [-0.2, -0.15) is 0 Å². The van der Waals surface area contributed by atoms with Gasteiger partial charge < -0.3 is 42.3 Å². The predicted molar refractivity (Wildman–Crippen MR) is 166 cm³/mol. The SMILES string of the molecule is CC(C)C[C@H](NC(=O)[C@H](CCC(=O)O)NC(=O)[C@H](CCC(=O)O)NC(=O)[C@@H](CC(C)C)NC(=O)[C@H](N)Cc1ccccc1)C(=O)O. The van der Waals surface area contributed by atoms with Crippen LogP contribution in [-0.4, -0.2) is 87.1 Å². The van der Waals surface area contributed by atoms with E-state index in [0.717, 1.165) is 5.56 Å². The summed E-state index contributed by atoms with van der Waals surface area (Å²) in [6.07, 6.45) is -1.50. The fourth-order valence-corrected chi connectivity index (χ4v) is 4.53. The molecule has 1 aromatic carbocycles. The molecule has 5 atom stereocenters. The molecule has 0 saturated heterocycles. The summed E-state index contributed by atoms with van der Waals surface area (Å²) in [4.78, 5) is 87.0. The van der Waals surface area contributed by atoms with Crippen LogP contribution in [0.25, 0.3) is 0 Å². The fraction of sp³-hybridized carbons (Fsp3) is 0.581. The molecule has 0 fully saturated rings. The monoisotopic (exact) mass is 649 g/mol. The first-order chi connectivity index (χ1) is 21.5. The number of rotatable bonds is 21. The minimum Gasteiger partial charge on any atom is -0.481 e. The highest BCUT2D eigenvalue weighted by atomic mass is 16.4. The van der Waals surface area contributed by atoms with E-state index in [1.807, 2.05) is 6.07 Å². The summed E-state index contributed by atoms with van der Waals surface area (Å²) in [5.74, 6) is -7.44. The van der Waals surface area contributed by atoms with Crippen LogP contribution in [0.15, 0.2) is 30.3 Å². The van der Waals surface area contributed by atoms with Crippen LogP contribution in [0.5, 0.6) is 0 Å². The number of hydrogen-bond donors (Lipinski definition) is 8. The zero-order valence-corrected chi connectivity index (χ0v) is 26.7. The molecule has 46 heavy (non-hydrogen) atoms. The number of carboxylic acids is 3. The van der Waals surface area contributed by atoms with E-state index in [1.165, 1.54) is 0 Å². The molecule has 15 heteroatoms. The third kappa shape index (κ3) is 15.5. The van der Waals surface area contributed by atoms with E-state index in [0.29, 0.717) is 0 Å². The second-order valence-corrected chi connectivity index (χ2v) is 12.0. The molecular weight excluding hydrogens is 602 g/mol. The number of nitrogens with two attached hydrogens (primary N) is 1. The summed E-state index contributed by atoms with van der Waals surface area (Å²) in [6, 6.07) is 2.54. The van der Waals surface area contributed by atoms with Crippen molar-refractivity contribution in [3.8, 4) is 0 Å². The molecule has 15 nitrogen and oxygen atoms in total. The van der Waals surface area contributed by atoms with Crippen LogP contribution in [0.4, 0.5) is 0 Å². The third-order valence-corrected chi connectivity index (χ3v) is 6.86. The molecule has 0 radical (unpaired) electrons. The Hall–Kier alpha value is -4.53. The van der Waals surface area contributed by atoms with Crippen LogP contribution in [0, 0.1) is 11.8 Å². The van der Waals surface area contributed by atoms with Crippen LogP contribution >= 0.6 is 0 Å². The number of aliphatic carboxylic acids is 3. The van der Waals surface area contributed by atoms with E-state index in [9.17, 15) is 43.8 Å². The van der Waals surface area contributed by atoms with Gasteiger partial charge >= 0.3 is 17.9 Å². The number of amides is 4. The summed E-state index contributed by atoms with van der Waals surface area (Å²) in [5.41, 5.74) is 6.89. The highest BCUT2D eigenvalue weighted by Gasteiger charge is 2.32. The quantitative estimate of drug-likeness (QED) is 0.0904. The van der Waals surface area contributed by atoms with Crippen LogP contribution in [-0.2, 0) is 40.0 Å². The standard InChI is InChI=1S/C31H47N5O10/c1-17(2)14-23(35-27(41)20(32)16-19-8-6-5-7-9-19)30(44)34-21(10-12-25(37)38)28(42)33-22(11-13-26(39)40)29(43)36-24(31(45)46)15-18(3)4/h5-9,17-18,20-24H,10-16,32H2,1-4H3,(H,33,42)(H,34,44)(H,35,41)(H,36,43)(H,37,38)(H,39,40)(H,45,46)/t20-,21+,22+,23-,24+/m1/s1. The molecular formula is C31H47N5O10.